The van der Waals surface area contributed by atoms with E-state index in [2.05, 4.69) is 22.0 Å². The summed E-state index contributed by atoms with van der Waals surface area (Å²) in [6.07, 6.45) is 0. The first-order valence-corrected chi connectivity index (χ1v) is 8.64. The molecule has 1 saturated heterocycles. The first-order valence-electron chi connectivity index (χ1n) is 7.76. The lowest BCUT2D eigenvalue weighted by Gasteiger charge is -2.35. The molecule has 0 saturated carbocycles. The van der Waals surface area contributed by atoms with Crippen molar-refractivity contribution < 1.29 is 9.32 Å². The number of carbonyl (C=O) groups excluding carboxylic acids is 1. The van der Waals surface area contributed by atoms with Gasteiger partial charge in [-0.05, 0) is 5.92 Å². The van der Waals surface area contributed by atoms with Crippen LogP contribution in [-0.2, 0) is 0 Å². The Kier molecular flexibility index (Phi) is 4.42. The molecule has 3 heterocycles. The van der Waals surface area contributed by atoms with Crippen LogP contribution in [0.1, 0.15) is 42.9 Å². The van der Waals surface area contributed by atoms with Crippen molar-refractivity contribution >= 4 is 22.8 Å². The average Bonchev–Trinajstić information content (AvgIpc) is 3.16. The summed E-state index contributed by atoms with van der Waals surface area (Å²) in [5.41, 5.74) is 0.827. The van der Waals surface area contributed by atoms with Crippen LogP contribution in [0.4, 0.5) is 0 Å². The van der Waals surface area contributed by atoms with Gasteiger partial charge in [0.15, 0.2) is 5.17 Å². The van der Waals surface area contributed by atoms with Crippen LogP contribution in [-0.4, -0.2) is 64.0 Å². The monoisotopic (exact) mass is 322 g/mol. The van der Waals surface area contributed by atoms with E-state index in [-0.39, 0.29) is 11.8 Å². The lowest BCUT2D eigenvalue weighted by Crippen LogP contribution is -2.49. The van der Waals surface area contributed by atoms with Gasteiger partial charge in [-0.3, -0.25) is 9.79 Å². The minimum atomic E-state index is -0.0616. The molecule has 0 aliphatic carbocycles. The van der Waals surface area contributed by atoms with E-state index in [1.807, 2.05) is 30.5 Å². The molecule has 6 nitrogen and oxygen atoms in total. The van der Waals surface area contributed by atoms with Crippen molar-refractivity contribution in [1.29, 1.82) is 0 Å². The van der Waals surface area contributed by atoms with Crippen molar-refractivity contribution in [2.45, 2.75) is 31.9 Å². The number of amidine groups is 1. The maximum Gasteiger partial charge on any atom is 0.292 e. The lowest BCUT2D eigenvalue weighted by molar-refractivity contribution is 0.0652. The molecule has 1 fully saturated rings. The van der Waals surface area contributed by atoms with Crippen molar-refractivity contribution in [1.82, 2.24) is 15.0 Å². The number of carbonyl (C=O) groups is 1. The third kappa shape index (κ3) is 3.14. The molecule has 3 rings (SSSR count). The first kappa shape index (κ1) is 15.4. The standard InChI is InChI=1S/C15H22N4O2S/c1-10(2)12-8-13(21-17-12)14(20)18-4-6-19(7-5-18)15-16-9-11(3)22-15/h8,10-11H,4-7,9H2,1-3H3. The highest BCUT2D eigenvalue weighted by Crippen LogP contribution is 2.24. The van der Waals surface area contributed by atoms with Gasteiger partial charge in [-0.15, -0.1) is 0 Å². The highest BCUT2D eigenvalue weighted by Gasteiger charge is 2.28. The fourth-order valence-electron chi connectivity index (χ4n) is 2.55. The van der Waals surface area contributed by atoms with Crippen molar-refractivity contribution in [3.8, 4) is 0 Å². The van der Waals surface area contributed by atoms with E-state index in [9.17, 15) is 4.79 Å². The number of hydrogen-bond acceptors (Lipinski definition) is 6. The van der Waals surface area contributed by atoms with Gasteiger partial charge in [-0.25, -0.2) is 0 Å². The molecule has 7 heteroatoms. The molecular formula is C15H22N4O2S. The van der Waals surface area contributed by atoms with Crippen LogP contribution < -0.4 is 0 Å². The largest absolute Gasteiger partial charge is 0.351 e. The van der Waals surface area contributed by atoms with Crippen LogP contribution in [0.5, 0.6) is 0 Å². The first-order chi connectivity index (χ1) is 10.5. The fraction of sp³-hybridized carbons (Fsp3) is 0.667. The predicted octanol–water partition coefficient (Wildman–Crippen LogP) is 2.05. The van der Waals surface area contributed by atoms with Gasteiger partial charge in [0, 0.05) is 37.5 Å². The van der Waals surface area contributed by atoms with Crippen LogP contribution in [0.15, 0.2) is 15.6 Å². The Morgan fingerprint density at radius 3 is 2.64 bits per heavy atom. The Hall–Kier alpha value is -1.50. The minimum absolute atomic E-state index is 0.0616. The second-order valence-corrected chi connectivity index (χ2v) is 7.51. The molecule has 120 valence electrons. The van der Waals surface area contributed by atoms with Crippen LogP contribution >= 0.6 is 11.8 Å². The zero-order valence-electron chi connectivity index (χ0n) is 13.3. The van der Waals surface area contributed by atoms with E-state index in [1.54, 1.807) is 6.07 Å². The topological polar surface area (TPSA) is 61.9 Å². The minimum Gasteiger partial charge on any atom is -0.351 e. The summed E-state index contributed by atoms with van der Waals surface area (Å²) >= 11 is 1.83. The molecule has 2 aliphatic heterocycles. The highest BCUT2D eigenvalue weighted by molar-refractivity contribution is 8.14. The maximum absolute atomic E-state index is 12.5. The van der Waals surface area contributed by atoms with Crippen LogP contribution in [0, 0.1) is 0 Å². The molecule has 1 aromatic heterocycles. The van der Waals surface area contributed by atoms with Gasteiger partial charge in [-0.2, -0.15) is 0 Å². The summed E-state index contributed by atoms with van der Waals surface area (Å²) < 4.78 is 5.20. The molecule has 22 heavy (non-hydrogen) atoms. The zero-order chi connectivity index (χ0) is 15.7. The van der Waals surface area contributed by atoms with Crippen molar-refractivity contribution in [2.75, 3.05) is 32.7 Å². The second kappa shape index (κ2) is 6.32. The molecule has 2 aliphatic rings. The van der Waals surface area contributed by atoms with Gasteiger partial charge in [0.2, 0.25) is 5.76 Å². The summed E-state index contributed by atoms with van der Waals surface area (Å²) in [5, 5.41) is 5.66. The van der Waals surface area contributed by atoms with Crippen molar-refractivity contribution in [3.63, 3.8) is 0 Å². The Labute approximate surface area is 134 Å². The molecule has 0 radical (unpaired) electrons. The molecule has 1 atom stereocenters. The summed E-state index contributed by atoms with van der Waals surface area (Å²) in [6.45, 7) is 10.2. The number of nitrogens with zero attached hydrogens (tertiary/aromatic N) is 4. The molecule has 1 amide bonds. The number of hydrogen-bond donors (Lipinski definition) is 0. The van der Waals surface area contributed by atoms with Gasteiger partial charge in [0.1, 0.15) is 0 Å². The third-order valence-electron chi connectivity index (χ3n) is 3.96. The van der Waals surface area contributed by atoms with E-state index in [0.717, 1.165) is 30.5 Å². The van der Waals surface area contributed by atoms with Gasteiger partial charge >= 0.3 is 0 Å². The van der Waals surface area contributed by atoms with Crippen LogP contribution in [0.25, 0.3) is 0 Å². The molecule has 1 aromatic rings. The molecule has 0 aromatic carbocycles. The van der Waals surface area contributed by atoms with Crippen LogP contribution in [0.3, 0.4) is 0 Å². The Bertz CT molecular complexity index is 576. The Balaban J connectivity index is 1.57. The SMILES string of the molecule is CC1CN=C(N2CCN(C(=O)c3cc(C(C)C)no3)CC2)S1. The van der Waals surface area contributed by atoms with Gasteiger partial charge in [0.05, 0.1) is 12.2 Å². The number of rotatable bonds is 2. The lowest BCUT2D eigenvalue weighted by atomic mass is 10.1. The van der Waals surface area contributed by atoms with E-state index in [4.69, 9.17) is 4.52 Å². The highest BCUT2D eigenvalue weighted by atomic mass is 32.2. The average molecular weight is 322 g/mol. The van der Waals surface area contributed by atoms with Gasteiger partial charge in [-0.1, -0.05) is 37.7 Å². The fourth-order valence-corrected chi connectivity index (χ4v) is 3.54. The van der Waals surface area contributed by atoms with E-state index in [1.165, 1.54) is 0 Å². The second-order valence-electron chi connectivity index (χ2n) is 6.10. The Morgan fingerprint density at radius 1 is 1.36 bits per heavy atom. The quantitative estimate of drug-likeness (QED) is 0.834. The van der Waals surface area contributed by atoms with Crippen LogP contribution in [0.2, 0.25) is 0 Å². The molecule has 1 unspecified atom stereocenters. The molecule has 0 bridgehead atoms. The van der Waals surface area contributed by atoms with Gasteiger partial charge in [0.25, 0.3) is 5.91 Å². The summed E-state index contributed by atoms with van der Waals surface area (Å²) in [5.74, 6) is 0.549. The zero-order valence-corrected chi connectivity index (χ0v) is 14.1. The van der Waals surface area contributed by atoms with Crippen molar-refractivity contribution in [3.05, 3.63) is 17.5 Å². The van der Waals surface area contributed by atoms with E-state index >= 15 is 0 Å². The third-order valence-corrected chi connectivity index (χ3v) is 5.11. The predicted molar refractivity (Wildman–Crippen MR) is 87.4 cm³/mol. The van der Waals surface area contributed by atoms with E-state index < -0.39 is 0 Å². The number of amides is 1. The number of aliphatic imine (C=N–C) groups is 1. The summed E-state index contributed by atoms with van der Waals surface area (Å²) in [7, 11) is 0. The Morgan fingerprint density at radius 2 is 2.09 bits per heavy atom. The number of aromatic nitrogens is 1. The number of thioether (sulfide) groups is 1. The van der Waals surface area contributed by atoms with Crippen molar-refractivity contribution in [2.24, 2.45) is 4.99 Å². The number of piperazine rings is 1. The smallest absolute Gasteiger partial charge is 0.292 e. The normalized spacial score (nSPS) is 22.4. The summed E-state index contributed by atoms with van der Waals surface area (Å²) in [6, 6.07) is 1.76. The summed E-state index contributed by atoms with van der Waals surface area (Å²) in [4.78, 5) is 21.1. The molecule has 0 spiro atoms. The molecule has 0 N–H and O–H groups in total. The maximum atomic E-state index is 12.5. The van der Waals surface area contributed by atoms with E-state index in [0.29, 0.717) is 24.1 Å². The molecular weight excluding hydrogens is 300 g/mol. The van der Waals surface area contributed by atoms with Gasteiger partial charge < -0.3 is 14.3 Å².